The number of hydrogen-bond donors (Lipinski definition) is 1. The lowest BCUT2D eigenvalue weighted by atomic mass is 10.00. The van der Waals surface area contributed by atoms with Gasteiger partial charge in [0, 0.05) is 19.0 Å². The molecule has 2 amide bonds. The first-order chi connectivity index (χ1) is 18.9. The molecule has 2 aromatic heterocycles. The number of nitrogens with one attached hydrogen (secondary N) is 1. The van der Waals surface area contributed by atoms with Gasteiger partial charge in [0.15, 0.2) is 11.0 Å². The molecule has 0 radical (unpaired) electrons. The smallest absolute Gasteiger partial charge is 0.253 e. The van der Waals surface area contributed by atoms with Crippen LogP contribution in [0.1, 0.15) is 44.6 Å². The first-order valence-corrected chi connectivity index (χ1v) is 14.2. The molecular weight excluding hydrogens is 532 g/mol. The summed E-state index contributed by atoms with van der Waals surface area (Å²) in [5, 5.41) is 20.3. The first-order valence-electron chi connectivity index (χ1n) is 12.4. The molecule has 0 fully saturated rings. The van der Waals surface area contributed by atoms with Gasteiger partial charge in [0.1, 0.15) is 5.75 Å². The predicted octanol–water partition coefficient (Wildman–Crippen LogP) is 4.59. The molecule has 0 spiro atoms. The Balaban J connectivity index is 1.24. The second kappa shape index (κ2) is 11.8. The number of rotatable bonds is 9. The van der Waals surface area contributed by atoms with Gasteiger partial charge in [-0.05, 0) is 42.1 Å². The summed E-state index contributed by atoms with van der Waals surface area (Å²) < 4.78 is 6.97. The standard InChI is InChI=1S/C28H28N6O3S2/c1-18-9-11-19(12-10-18)23-15-22(24-8-5-13-38-24)32-34(23)26(35)17-39-28-31-30-25(33(28)2)16-29-27(36)20-6-4-7-21(14-20)37-3/h4-14,23H,15-17H2,1-3H3,(H,29,36)/t23-/m0/s1. The number of nitrogens with zero attached hydrogens (tertiary/aromatic N) is 5. The van der Waals surface area contributed by atoms with E-state index in [4.69, 9.17) is 9.84 Å². The number of methoxy groups -OCH3 is 1. The zero-order valence-electron chi connectivity index (χ0n) is 21.8. The second-order valence-electron chi connectivity index (χ2n) is 9.05. The number of thioether (sulfide) groups is 1. The lowest BCUT2D eigenvalue weighted by Crippen LogP contribution is -2.28. The zero-order valence-corrected chi connectivity index (χ0v) is 23.5. The molecule has 5 rings (SSSR count). The Labute approximate surface area is 234 Å². The lowest BCUT2D eigenvalue weighted by molar-refractivity contribution is -0.130. The van der Waals surface area contributed by atoms with Gasteiger partial charge in [0.2, 0.25) is 0 Å². The molecule has 1 atom stereocenters. The lowest BCUT2D eigenvalue weighted by Gasteiger charge is -2.22. The van der Waals surface area contributed by atoms with Crippen molar-refractivity contribution in [2.45, 2.75) is 31.1 Å². The van der Waals surface area contributed by atoms with Crippen LogP contribution in [0, 0.1) is 6.92 Å². The van der Waals surface area contributed by atoms with Crippen molar-refractivity contribution in [2.24, 2.45) is 12.1 Å². The number of aromatic nitrogens is 3. The molecular formula is C28H28N6O3S2. The van der Waals surface area contributed by atoms with E-state index < -0.39 is 0 Å². The predicted molar refractivity (Wildman–Crippen MR) is 152 cm³/mol. The summed E-state index contributed by atoms with van der Waals surface area (Å²) in [6.07, 6.45) is 0.668. The van der Waals surface area contributed by atoms with E-state index in [1.165, 1.54) is 17.3 Å². The molecule has 200 valence electrons. The molecule has 0 unspecified atom stereocenters. The summed E-state index contributed by atoms with van der Waals surface area (Å²) in [4.78, 5) is 27.0. The van der Waals surface area contributed by atoms with Crippen molar-refractivity contribution >= 4 is 40.6 Å². The van der Waals surface area contributed by atoms with Crippen LogP contribution in [0.15, 0.2) is 76.3 Å². The summed E-state index contributed by atoms with van der Waals surface area (Å²) in [6, 6.07) is 19.1. The van der Waals surface area contributed by atoms with Gasteiger partial charge in [-0.1, -0.05) is 53.7 Å². The molecule has 11 heteroatoms. The van der Waals surface area contributed by atoms with Crippen LogP contribution in [-0.4, -0.2) is 50.2 Å². The highest BCUT2D eigenvalue weighted by Crippen LogP contribution is 2.34. The fraction of sp³-hybridized carbons (Fsp3) is 0.250. The third kappa shape index (κ3) is 6.04. The van der Waals surface area contributed by atoms with Crippen molar-refractivity contribution in [3.63, 3.8) is 0 Å². The Morgan fingerprint density at radius 1 is 1.13 bits per heavy atom. The summed E-state index contributed by atoms with van der Waals surface area (Å²) in [5.74, 6) is 1.01. The average Bonchev–Trinajstić information content (AvgIpc) is 3.71. The third-order valence-electron chi connectivity index (χ3n) is 6.42. The van der Waals surface area contributed by atoms with Crippen molar-refractivity contribution in [3.8, 4) is 5.75 Å². The maximum absolute atomic E-state index is 13.4. The number of ether oxygens (including phenoxy) is 1. The van der Waals surface area contributed by atoms with E-state index in [1.807, 2.05) is 31.5 Å². The molecule has 1 N–H and O–H groups in total. The highest BCUT2D eigenvalue weighted by Gasteiger charge is 2.33. The quantitative estimate of drug-likeness (QED) is 0.301. The van der Waals surface area contributed by atoms with E-state index in [-0.39, 0.29) is 30.2 Å². The van der Waals surface area contributed by atoms with E-state index in [9.17, 15) is 9.59 Å². The average molecular weight is 561 g/mol. The maximum atomic E-state index is 13.4. The van der Waals surface area contributed by atoms with Gasteiger partial charge < -0.3 is 14.6 Å². The summed E-state index contributed by atoms with van der Waals surface area (Å²) >= 11 is 2.92. The zero-order chi connectivity index (χ0) is 27.4. The molecule has 1 aliphatic heterocycles. The van der Waals surface area contributed by atoms with Gasteiger partial charge >= 0.3 is 0 Å². The minimum Gasteiger partial charge on any atom is -0.497 e. The molecule has 1 aliphatic rings. The van der Waals surface area contributed by atoms with E-state index in [0.29, 0.717) is 28.7 Å². The van der Waals surface area contributed by atoms with E-state index in [0.717, 1.165) is 16.2 Å². The van der Waals surface area contributed by atoms with E-state index in [1.54, 1.807) is 52.3 Å². The number of thiophene rings is 1. The van der Waals surface area contributed by atoms with E-state index in [2.05, 4.69) is 39.8 Å². The number of hydrogen-bond acceptors (Lipinski definition) is 8. The minimum absolute atomic E-state index is 0.104. The molecule has 0 aliphatic carbocycles. The fourth-order valence-electron chi connectivity index (χ4n) is 4.22. The Bertz CT molecular complexity index is 1500. The SMILES string of the molecule is COc1cccc(C(=O)NCc2nnc(SCC(=O)N3N=C(c4cccs4)C[C@H]3c3ccc(C)cc3)n2C)c1. The summed E-state index contributed by atoms with van der Waals surface area (Å²) in [5.41, 5.74) is 3.64. The molecule has 2 aromatic carbocycles. The minimum atomic E-state index is -0.239. The van der Waals surface area contributed by atoms with Crippen LogP contribution >= 0.6 is 23.1 Å². The number of carbonyl (C=O) groups excluding carboxylic acids is 2. The van der Waals surface area contributed by atoms with Crippen LogP contribution in [-0.2, 0) is 18.4 Å². The van der Waals surface area contributed by atoms with E-state index >= 15 is 0 Å². The Kier molecular flexibility index (Phi) is 8.08. The van der Waals surface area contributed by atoms with Crippen molar-refractivity contribution in [2.75, 3.05) is 12.9 Å². The second-order valence-corrected chi connectivity index (χ2v) is 10.9. The number of aryl methyl sites for hydroxylation is 1. The molecule has 0 saturated carbocycles. The van der Waals surface area contributed by atoms with Gasteiger partial charge in [-0.2, -0.15) is 5.10 Å². The van der Waals surface area contributed by atoms with Crippen molar-refractivity contribution in [3.05, 3.63) is 93.4 Å². The van der Waals surface area contributed by atoms with Crippen molar-refractivity contribution in [1.82, 2.24) is 25.1 Å². The van der Waals surface area contributed by atoms with Crippen molar-refractivity contribution < 1.29 is 14.3 Å². The Hall–Kier alpha value is -3.96. The Morgan fingerprint density at radius 2 is 1.95 bits per heavy atom. The van der Waals surface area contributed by atoms with Gasteiger partial charge in [0.05, 0.1) is 36.0 Å². The summed E-state index contributed by atoms with van der Waals surface area (Å²) in [6.45, 7) is 2.25. The largest absolute Gasteiger partial charge is 0.497 e. The van der Waals surface area contributed by atoms with Crippen LogP contribution in [0.4, 0.5) is 0 Å². The Morgan fingerprint density at radius 3 is 2.69 bits per heavy atom. The van der Waals surface area contributed by atoms with Crippen molar-refractivity contribution in [1.29, 1.82) is 0 Å². The third-order valence-corrected chi connectivity index (χ3v) is 8.35. The van der Waals surface area contributed by atoms with Crippen LogP contribution in [0.25, 0.3) is 0 Å². The topological polar surface area (TPSA) is 102 Å². The fourth-order valence-corrected chi connectivity index (χ4v) is 5.73. The molecule has 0 saturated heterocycles. The van der Waals surface area contributed by atoms with Gasteiger partial charge in [-0.3, -0.25) is 9.59 Å². The van der Waals surface area contributed by atoms with Gasteiger partial charge in [0.25, 0.3) is 11.8 Å². The normalized spacial score (nSPS) is 14.8. The van der Waals surface area contributed by atoms with Gasteiger partial charge in [-0.15, -0.1) is 21.5 Å². The monoisotopic (exact) mass is 560 g/mol. The van der Waals surface area contributed by atoms with Crippen LogP contribution in [0.2, 0.25) is 0 Å². The molecule has 39 heavy (non-hydrogen) atoms. The number of benzene rings is 2. The number of carbonyl (C=O) groups is 2. The summed E-state index contributed by atoms with van der Waals surface area (Å²) in [7, 11) is 3.37. The maximum Gasteiger partial charge on any atom is 0.253 e. The van der Waals surface area contributed by atoms with Crippen LogP contribution < -0.4 is 10.1 Å². The highest BCUT2D eigenvalue weighted by atomic mass is 32.2. The molecule has 0 bridgehead atoms. The molecule has 4 aromatic rings. The van der Waals surface area contributed by atoms with Crippen LogP contribution in [0.3, 0.4) is 0 Å². The number of hydrazone groups is 1. The number of amides is 2. The van der Waals surface area contributed by atoms with Crippen LogP contribution in [0.5, 0.6) is 5.75 Å². The molecule has 3 heterocycles. The molecule has 9 nitrogen and oxygen atoms in total. The van der Waals surface area contributed by atoms with Gasteiger partial charge in [-0.25, -0.2) is 5.01 Å². The highest BCUT2D eigenvalue weighted by molar-refractivity contribution is 7.99. The first kappa shape index (κ1) is 26.6.